The van der Waals surface area contributed by atoms with E-state index in [0.29, 0.717) is 12.2 Å². The second-order valence-electron chi connectivity index (χ2n) is 4.79. The summed E-state index contributed by atoms with van der Waals surface area (Å²) in [5.41, 5.74) is 2.25. The molecule has 22 heavy (non-hydrogen) atoms. The first-order chi connectivity index (χ1) is 10.1. The Hall–Kier alpha value is -2.11. The van der Waals surface area contributed by atoms with Crippen LogP contribution in [-0.4, -0.2) is 17.4 Å². The van der Waals surface area contributed by atoms with Gasteiger partial charge in [-0.2, -0.15) is 0 Å². The van der Waals surface area contributed by atoms with E-state index in [4.69, 9.17) is 0 Å². The van der Waals surface area contributed by atoms with Gasteiger partial charge in [0.15, 0.2) is 5.43 Å². The minimum atomic E-state index is -0.403. The molecule has 0 fully saturated rings. The zero-order chi connectivity index (χ0) is 15.2. The van der Waals surface area contributed by atoms with E-state index in [2.05, 4.69) is 15.6 Å². The van der Waals surface area contributed by atoms with Gasteiger partial charge >= 0.3 is 0 Å². The van der Waals surface area contributed by atoms with Crippen LogP contribution in [0.15, 0.2) is 41.3 Å². The van der Waals surface area contributed by atoms with E-state index in [1.165, 1.54) is 12.3 Å². The lowest BCUT2D eigenvalue weighted by Gasteiger charge is -2.11. The van der Waals surface area contributed by atoms with Gasteiger partial charge in [0.05, 0.1) is 0 Å². The van der Waals surface area contributed by atoms with Crippen LogP contribution in [0.3, 0.4) is 0 Å². The van der Waals surface area contributed by atoms with Crippen molar-refractivity contribution in [3.8, 4) is 0 Å². The van der Waals surface area contributed by atoms with Crippen molar-refractivity contribution in [3.05, 3.63) is 63.6 Å². The number of nitrogens with one attached hydrogen (secondary N) is 3. The Labute approximate surface area is 135 Å². The summed E-state index contributed by atoms with van der Waals surface area (Å²) in [5, 5.41) is 6.01. The second-order valence-corrected chi connectivity index (χ2v) is 4.79. The Morgan fingerprint density at radius 3 is 2.68 bits per heavy atom. The zero-order valence-electron chi connectivity index (χ0n) is 12.6. The van der Waals surface area contributed by atoms with Gasteiger partial charge in [0, 0.05) is 30.2 Å². The summed E-state index contributed by atoms with van der Waals surface area (Å²) in [4.78, 5) is 26.9. The van der Waals surface area contributed by atoms with Gasteiger partial charge in [-0.3, -0.25) is 9.59 Å². The van der Waals surface area contributed by atoms with Gasteiger partial charge in [0.1, 0.15) is 5.56 Å². The molecule has 0 aliphatic rings. The highest BCUT2D eigenvalue weighted by Crippen LogP contribution is 2.15. The lowest BCUT2D eigenvalue weighted by Crippen LogP contribution is -2.23. The number of benzene rings is 1. The third-order valence-corrected chi connectivity index (χ3v) is 3.13. The fourth-order valence-corrected chi connectivity index (χ4v) is 2.00. The highest BCUT2D eigenvalue weighted by molar-refractivity contribution is 6.04. The number of H-pyrrole nitrogens is 1. The maximum Gasteiger partial charge on any atom is 0.261 e. The van der Waals surface area contributed by atoms with Crippen LogP contribution in [0.25, 0.3) is 0 Å². The maximum atomic E-state index is 12.2. The highest BCUT2D eigenvalue weighted by Gasteiger charge is 2.12. The van der Waals surface area contributed by atoms with Crippen molar-refractivity contribution in [3.63, 3.8) is 0 Å². The summed E-state index contributed by atoms with van der Waals surface area (Å²) >= 11 is 0. The number of carbonyl (C=O) groups is 1. The largest absolute Gasteiger partial charge is 0.364 e. The van der Waals surface area contributed by atoms with E-state index >= 15 is 0 Å². The average molecular weight is 322 g/mol. The van der Waals surface area contributed by atoms with E-state index < -0.39 is 5.91 Å². The van der Waals surface area contributed by atoms with Gasteiger partial charge in [-0.15, -0.1) is 12.4 Å². The summed E-state index contributed by atoms with van der Waals surface area (Å²) in [6.07, 6.45) is 1.44. The summed E-state index contributed by atoms with van der Waals surface area (Å²) in [7, 11) is 0. The molecule has 0 atom stereocenters. The number of amides is 1. The lowest BCUT2D eigenvalue weighted by atomic mass is 10.1. The fraction of sp³-hybridized carbons (Fsp3) is 0.250. The molecule has 3 N–H and O–H groups in total. The second kappa shape index (κ2) is 8.36. The van der Waals surface area contributed by atoms with E-state index in [1.807, 2.05) is 31.2 Å². The number of rotatable bonds is 5. The van der Waals surface area contributed by atoms with Crippen molar-refractivity contribution in [2.24, 2.45) is 0 Å². The molecule has 1 heterocycles. The Balaban J connectivity index is 0.00000242. The molecule has 5 nitrogen and oxygen atoms in total. The van der Waals surface area contributed by atoms with Crippen LogP contribution >= 0.6 is 12.4 Å². The molecule has 0 spiro atoms. The number of hydrogen-bond donors (Lipinski definition) is 3. The van der Waals surface area contributed by atoms with Crippen LogP contribution in [0.5, 0.6) is 0 Å². The minimum absolute atomic E-state index is 0. The Bertz CT molecular complexity index is 698. The first kappa shape index (κ1) is 17.9. The molecule has 0 unspecified atom stereocenters. The quantitative estimate of drug-likeness (QED) is 0.792. The number of hydrogen-bond acceptors (Lipinski definition) is 3. The molecular formula is C16H20ClN3O2. The molecule has 2 rings (SSSR count). The fourth-order valence-electron chi connectivity index (χ4n) is 2.00. The van der Waals surface area contributed by atoms with Gasteiger partial charge in [-0.1, -0.05) is 25.1 Å². The topological polar surface area (TPSA) is 74.0 Å². The molecule has 1 amide bonds. The van der Waals surface area contributed by atoms with Crippen LogP contribution in [0, 0.1) is 6.92 Å². The van der Waals surface area contributed by atoms with Crippen LogP contribution in [-0.2, 0) is 6.54 Å². The van der Waals surface area contributed by atoms with Crippen molar-refractivity contribution in [2.45, 2.75) is 20.4 Å². The molecule has 2 aromatic rings. The average Bonchev–Trinajstić information content (AvgIpc) is 2.46. The molecule has 0 saturated carbocycles. The number of halogens is 1. The third kappa shape index (κ3) is 4.44. The number of para-hydroxylation sites is 1. The molecule has 6 heteroatoms. The van der Waals surface area contributed by atoms with E-state index in [9.17, 15) is 9.59 Å². The summed E-state index contributed by atoms with van der Waals surface area (Å²) in [6, 6.07) is 8.95. The van der Waals surface area contributed by atoms with Crippen molar-refractivity contribution >= 4 is 24.0 Å². The van der Waals surface area contributed by atoms with Crippen LogP contribution in [0.1, 0.15) is 28.5 Å². The van der Waals surface area contributed by atoms with Gasteiger partial charge in [0.25, 0.3) is 5.91 Å². The van der Waals surface area contributed by atoms with Crippen molar-refractivity contribution in [2.75, 3.05) is 11.9 Å². The standard InChI is InChI=1S/C16H19N3O2.ClH/c1-3-17-9-12-6-4-5-7-14(12)19-16(21)13-10-18-11(2)8-15(13)20;/h4-8,10,17H,3,9H2,1-2H3,(H,18,20)(H,19,21);1H. The number of pyridine rings is 1. The van der Waals surface area contributed by atoms with Crippen molar-refractivity contribution in [1.29, 1.82) is 0 Å². The first-order valence-corrected chi connectivity index (χ1v) is 6.91. The smallest absolute Gasteiger partial charge is 0.261 e. The molecule has 0 saturated heterocycles. The van der Waals surface area contributed by atoms with Gasteiger partial charge in [-0.25, -0.2) is 0 Å². The van der Waals surface area contributed by atoms with Crippen LogP contribution in [0.4, 0.5) is 5.69 Å². The Morgan fingerprint density at radius 1 is 1.27 bits per heavy atom. The number of aryl methyl sites for hydroxylation is 1. The summed E-state index contributed by atoms with van der Waals surface area (Å²) < 4.78 is 0. The highest BCUT2D eigenvalue weighted by atomic mass is 35.5. The molecule has 0 radical (unpaired) electrons. The van der Waals surface area contributed by atoms with Crippen LogP contribution < -0.4 is 16.1 Å². The van der Waals surface area contributed by atoms with E-state index in [-0.39, 0.29) is 23.4 Å². The zero-order valence-corrected chi connectivity index (χ0v) is 13.4. The SMILES string of the molecule is CCNCc1ccccc1NC(=O)c1c[nH]c(C)cc1=O.Cl. The lowest BCUT2D eigenvalue weighted by molar-refractivity contribution is 0.102. The predicted octanol–water partition coefficient (Wildman–Crippen LogP) is 2.47. The summed E-state index contributed by atoms with van der Waals surface area (Å²) in [6.45, 7) is 5.30. The van der Waals surface area contributed by atoms with E-state index in [1.54, 1.807) is 6.92 Å². The molecule has 0 aliphatic heterocycles. The molecule has 1 aromatic carbocycles. The number of aromatic amines is 1. The van der Waals surface area contributed by atoms with Gasteiger partial charge in [-0.05, 0) is 25.1 Å². The Morgan fingerprint density at radius 2 is 2.00 bits per heavy atom. The monoisotopic (exact) mass is 321 g/mol. The number of carbonyl (C=O) groups excluding carboxylic acids is 1. The normalized spacial score (nSPS) is 9.91. The molecule has 0 aliphatic carbocycles. The van der Waals surface area contributed by atoms with Gasteiger partial charge < -0.3 is 15.6 Å². The molecular weight excluding hydrogens is 302 g/mol. The summed E-state index contributed by atoms with van der Waals surface area (Å²) in [5.74, 6) is -0.403. The number of anilines is 1. The van der Waals surface area contributed by atoms with Crippen molar-refractivity contribution in [1.82, 2.24) is 10.3 Å². The Kier molecular flexibility index (Phi) is 6.82. The molecule has 1 aromatic heterocycles. The van der Waals surface area contributed by atoms with Gasteiger partial charge in [0.2, 0.25) is 0 Å². The van der Waals surface area contributed by atoms with Crippen LogP contribution in [0.2, 0.25) is 0 Å². The number of aromatic nitrogens is 1. The third-order valence-electron chi connectivity index (χ3n) is 3.13. The first-order valence-electron chi connectivity index (χ1n) is 6.91. The van der Waals surface area contributed by atoms with Crippen molar-refractivity contribution < 1.29 is 4.79 Å². The minimum Gasteiger partial charge on any atom is -0.364 e. The predicted molar refractivity (Wildman–Crippen MR) is 90.8 cm³/mol. The molecule has 118 valence electrons. The molecule has 0 bridgehead atoms. The maximum absolute atomic E-state index is 12.2. The van der Waals surface area contributed by atoms with E-state index in [0.717, 1.165) is 17.8 Å².